The molecular weight excluding hydrogens is 364 g/mol. The van der Waals surface area contributed by atoms with Gasteiger partial charge in [-0.3, -0.25) is 9.48 Å². The van der Waals surface area contributed by atoms with Gasteiger partial charge in [-0.25, -0.2) is 4.98 Å². The molecule has 0 fully saturated rings. The van der Waals surface area contributed by atoms with Crippen LogP contribution in [-0.2, 0) is 11.3 Å². The first-order valence-corrected chi connectivity index (χ1v) is 9.01. The van der Waals surface area contributed by atoms with Crippen molar-refractivity contribution in [3.05, 3.63) is 77.3 Å². The SMILES string of the molecule is Cc1ccc(Cl)c(OC(C)C(=O)NC(Cn2cncn2)c2ccccc2)c1. The Kier molecular flexibility index (Phi) is 6.08. The van der Waals surface area contributed by atoms with E-state index in [0.29, 0.717) is 17.3 Å². The predicted molar refractivity (Wildman–Crippen MR) is 104 cm³/mol. The molecule has 0 aliphatic heterocycles. The molecule has 0 aliphatic carbocycles. The Morgan fingerprint density at radius 2 is 2.04 bits per heavy atom. The lowest BCUT2D eigenvalue weighted by atomic mass is 10.1. The third kappa shape index (κ3) is 5.08. The molecule has 0 bridgehead atoms. The summed E-state index contributed by atoms with van der Waals surface area (Å²) in [5.41, 5.74) is 1.98. The number of halogens is 1. The van der Waals surface area contributed by atoms with E-state index in [1.807, 2.05) is 49.4 Å². The van der Waals surface area contributed by atoms with Crippen LogP contribution in [0.3, 0.4) is 0 Å². The van der Waals surface area contributed by atoms with Crippen molar-refractivity contribution in [1.82, 2.24) is 20.1 Å². The van der Waals surface area contributed by atoms with Gasteiger partial charge in [0.1, 0.15) is 18.4 Å². The van der Waals surface area contributed by atoms with Crippen molar-refractivity contribution < 1.29 is 9.53 Å². The van der Waals surface area contributed by atoms with Gasteiger partial charge in [0.2, 0.25) is 0 Å². The number of aromatic nitrogens is 3. The number of hydrogen-bond donors (Lipinski definition) is 1. The van der Waals surface area contributed by atoms with Crippen LogP contribution in [0, 0.1) is 6.92 Å². The summed E-state index contributed by atoms with van der Waals surface area (Å²) < 4.78 is 7.46. The zero-order chi connectivity index (χ0) is 19.2. The first-order valence-electron chi connectivity index (χ1n) is 8.63. The topological polar surface area (TPSA) is 69.0 Å². The molecule has 7 heteroatoms. The Morgan fingerprint density at radius 3 is 2.74 bits per heavy atom. The second-order valence-electron chi connectivity index (χ2n) is 6.28. The maximum atomic E-state index is 12.7. The zero-order valence-electron chi connectivity index (χ0n) is 15.2. The standard InChI is InChI=1S/C20H21ClN4O2/c1-14-8-9-17(21)19(10-14)27-15(2)20(26)24-18(11-25-13-22-12-23-25)16-6-4-3-5-7-16/h3-10,12-13,15,18H,11H2,1-2H3,(H,24,26). The van der Waals surface area contributed by atoms with Crippen LogP contribution in [0.4, 0.5) is 0 Å². The summed E-state index contributed by atoms with van der Waals surface area (Å²) in [5.74, 6) is 0.258. The number of aryl methyl sites for hydroxylation is 1. The van der Waals surface area contributed by atoms with Gasteiger partial charge in [0.15, 0.2) is 6.10 Å². The van der Waals surface area contributed by atoms with E-state index in [-0.39, 0.29) is 11.9 Å². The Bertz CT molecular complexity index is 884. The zero-order valence-corrected chi connectivity index (χ0v) is 15.9. The summed E-state index contributed by atoms with van der Waals surface area (Å²) in [4.78, 5) is 16.7. The first-order chi connectivity index (χ1) is 13.0. The van der Waals surface area contributed by atoms with E-state index in [0.717, 1.165) is 11.1 Å². The fourth-order valence-corrected chi connectivity index (χ4v) is 2.83. The average molecular weight is 385 g/mol. The number of rotatable bonds is 7. The minimum Gasteiger partial charge on any atom is -0.479 e. The number of carbonyl (C=O) groups excluding carboxylic acids is 1. The molecule has 3 rings (SSSR count). The lowest BCUT2D eigenvalue weighted by Crippen LogP contribution is -2.40. The van der Waals surface area contributed by atoms with Gasteiger partial charge < -0.3 is 10.1 Å². The van der Waals surface area contributed by atoms with E-state index in [9.17, 15) is 4.79 Å². The van der Waals surface area contributed by atoms with Crippen molar-refractivity contribution >= 4 is 17.5 Å². The van der Waals surface area contributed by atoms with E-state index >= 15 is 0 Å². The third-order valence-corrected chi connectivity index (χ3v) is 4.43. The number of amides is 1. The molecule has 0 radical (unpaired) electrons. The average Bonchev–Trinajstić information content (AvgIpc) is 3.18. The van der Waals surface area contributed by atoms with Gasteiger partial charge in [-0.15, -0.1) is 0 Å². The van der Waals surface area contributed by atoms with Crippen molar-refractivity contribution in [3.63, 3.8) is 0 Å². The van der Waals surface area contributed by atoms with Gasteiger partial charge in [0.05, 0.1) is 17.6 Å². The van der Waals surface area contributed by atoms with Gasteiger partial charge in [0, 0.05) is 0 Å². The molecule has 2 unspecified atom stereocenters. The molecule has 1 amide bonds. The first kappa shape index (κ1) is 18.9. The van der Waals surface area contributed by atoms with E-state index in [1.54, 1.807) is 24.0 Å². The van der Waals surface area contributed by atoms with Crippen LogP contribution in [0.5, 0.6) is 5.75 Å². The molecule has 0 saturated carbocycles. The van der Waals surface area contributed by atoms with Crippen molar-refractivity contribution in [2.75, 3.05) is 0 Å². The fraction of sp³-hybridized carbons (Fsp3) is 0.250. The smallest absolute Gasteiger partial charge is 0.261 e. The number of hydrogen-bond acceptors (Lipinski definition) is 4. The summed E-state index contributed by atoms with van der Waals surface area (Å²) in [7, 11) is 0. The largest absolute Gasteiger partial charge is 0.479 e. The molecule has 0 saturated heterocycles. The highest BCUT2D eigenvalue weighted by molar-refractivity contribution is 6.32. The molecule has 1 heterocycles. The molecule has 140 valence electrons. The lowest BCUT2D eigenvalue weighted by Gasteiger charge is -2.22. The third-order valence-electron chi connectivity index (χ3n) is 4.11. The molecule has 2 atom stereocenters. The summed E-state index contributed by atoms with van der Waals surface area (Å²) in [6.07, 6.45) is 2.38. The number of nitrogens with one attached hydrogen (secondary N) is 1. The number of benzene rings is 2. The van der Waals surface area contributed by atoms with Crippen LogP contribution in [0.25, 0.3) is 0 Å². The minimum atomic E-state index is -0.703. The van der Waals surface area contributed by atoms with Gasteiger partial charge in [-0.1, -0.05) is 48.0 Å². The monoisotopic (exact) mass is 384 g/mol. The summed E-state index contributed by atoms with van der Waals surface area (Å²) in [5, 5.41) is 7.63. The second-order valence-corrected chi connectivity index (χ2v) is 6.69. The van der Waals surface area contributed by atoms with Crippen LogP contribution < -0.4 is 10.1 Å². The highest BCUT2D eigenvalue weighted by atomic mass is 35.5. The molecule has 6 nitrogen and oxygen atoms in total. The van der Waals surface area contributed by atoms with Crippen LogP contribution in [0.2, 0.25) is 5.02 Å². The highest BCUT2D eigenvalue weighted by Gasteiger charge is 2.21. The number of carbonyl (C=O) groups is 1. The summed E-state index contributed by atoms with van der Waals surface area (Å²) in [6, 6.07) is 14.9. The highest BCUT2D eigenvalue weighted by Crippen LogP contribution is 2.26. The number of nitrogens with zero attached hydrogens (tertiary/aromatic N) is 3. The quantitative estimate of drug-likeness (QED) is 0.676. The molecule has 2 aromatic carbocycles. The lowest BCUT2D eigenvalue weighted by molar-refractivity contribution is -0.128. The maximum absolute atomic E-state index is 12.7. The predicted octanol–water partition coefficient (Wildman–Crippen LogP) is 3.56. The van der Waals surface area contributed by atoms with Crippen molar-refractivity contribution in [3.8, 4) is 5.75 Å². The van der Waals surface area contributed by atoms with Crippen molar-refractivity contribution in [1.29, 1.82) is 0 Å². The Morgan fingerprint density at radius 1 is 1.26 bits per heavy atom. The van der Waals surface area contributed by atoms with Gasteiger partial charge >= 0.3 is 0 Å². The minimum absolute atomic E-state index is 0.235. The molecule has 1 N–H and O–H groups in total. The van der Waals surface area contributed by atoms with Crippen molar-refractivity contribution in [2.45, 2.75) is 32.5 Å². The molecule has 0 aliphatic rings. The molecule has 27 heavy (non-hydrogen) atoms. The van der Waals surface area contributed by atoms with E-state index in [1.165, 1.54) is 6.33 Å². The Balaban J connectivity index is 1.72. The van der Waals surface area contributed by atoms with Crippen LogP contribution in [0.15, 0.2) is 61.2 Å². The maximum Gasteiger partial charge on any atom is 0.261 e. The molecule has 3 aromatic rings. The van der Waals surface area contributed by atoms with E-state index in [4.69, 9.17) is 16.3 Å². The van der Waals surface area contributed by atoms with Gasteiger partial charge in [-0.05, 0) is 37.1 Å². The Labute approximate surface area is 163 Å². The molecule has 1 aromatic heterocycles. The fourth-order valence-electron chi connectivity index (χ4n) is 2.67. The van der Waals surface area contributed by atoms with Crippen molar-refractivity contribution in [2.24, 2.45) is 0 Å². The van der Waals surface area contributed by atoms with Gasteiger partial charge in [-0.2, -0.15) is 5.10 Å². The summed E-state index contributed by atoms with van der Waals surface area (Å²) >= 11 is 6.17. The van der Waals surface area contributed by atoms with E-state index in [2.05, 4.69) is 15.4 Å². The number of ether oxygens (including phenoxy) is 1. The van der Waals surface area contributed by atoms with Gasteiger partial charge in [0.25, 0.3) is 5.91 Å². The Hall–Kier alpha value is -2.86. The van der Waals surface area contributed by atoms with Crippen LogP contribution >= 0.6 is 11.6 Å². The van der Waals surface area contributed by atoms with Crippen LogP contribution in [0.1, 0.15) is 24.1 Å². The molecule has 0 spiro atoms. The van der Waals surface area contributed by atoms with Crippen LogP contribution in [-0.4, -0.2) is 26.8 Å². The molecular formula is C20H21ClN4O2. The second kappa shape index (κ2) is 8.68. The van der Waals surface area contributed by atoms with E-state index < -0.39 is 6.10 Å². The normalized spacial score (nSPS) is 13.0. The summed E-state index contributed by atoms with van der Waals surface area (Å²) in [6.45, 7) is 4.11.